The van der Waals surface area contributed by atoms with E-state index in [2.05, 4.69) is 9.22 Å². The maximum Gasteiger partial charge on any atom is 0.320 e. The van der Waals surface area contributed by atoms with Gasteiger partial charge in [0, 0.05) is 0 Å². The topological polar surface area (TPSA) is 72.8 Å². The van der Waals surface area contributed by atoms with E-state index in [9.17, 15) is 8.42 Å². The maximum atomic E-state index is 11.0. The van der Waals surface area contributed by atoms with E-state index >= 15 is 0 Å². The van der Waals surface area contributed by atoms with Crippen LogP contribution in [0.3, 0.4) is 0 Å². The van der Waals surface area contributed by atoms with Crippen molar-refractivity contribution in [2.45, 2.75) is 45.0 Å². The summed E-state index contributed by atoms with van der Waals surface area (Å²) in [5.41, 5.74) is -1.51. The Labute approximate surface area is 85.1 Å². The predicted octanol–water partition coefficient (Wildman–Crippen LogP) is 1.18. The van der Waals surface area contributed by atoms with Crippen molar-refractivity contribution >= 4 is 10.1 Å². The lowest BCUT2D eigenvalue weighted by Gasteiger charge is -2.08. The largest absolute Gasteiger partial charge is 0.375 e. The van der Waals surface area contributed by atoms with Crippen LogP contribution in [-0.4, -0.2) is 25.6 Å². The molecule has 0 spiro atoms. The van der Waals surface area contributed by atoms with Crippen molar-refractivity contribution in [1.29, 1.82) is 0 Å². The molecule has 1 unspecified atom stereocenters. The summed E-state index contributed by atoms with van der Waals surface area (Å²) in [5.74, 6) is 0. The van der Waals surface area contributed by atoms with Gasteiger partial charge in [-0.1, -0.05) is 26.7 Å². The summed E-state index contributed by atoms with van der Waals surface area (Å²) >= 11 is 0. The standard InChI is InChI=1S/C8H18O5S/c1-3-5-6-7-12-13-14(10,11)8(9)4-2/h8-9H,3-7H2,1-2H3. The van der Waals surface area contributed by atoms with Crippen molar-refractivity contribution in [3.05, 3.63) is 0 Å². The van der Waals surface area contributed by atoms with Gasteiger partial charge in [0.15, 0.2) is 5.44 Å². The Morgan fingerprint density at radius 2 is 1.93 bits per heavy atom. The van der Waals surface area contributed by atoms with Crippen LogP contribution in [0.15, 0.2) is 0 Å². The summed E-state index contributed by atoms with van der Waals surface area (Å²) in [5, 5.41) is 9.00. The molecular weight excluding hydrogens is 208 g/mol. The Morgan fingerprint density at radius 1 is 1.29 bits per heavy atom. The van der Waals surface area contributed by atoms with Crippen molar-refractivity contribution in [3.8, 4) is 0 Å². The minimum Gasteiger partial charge on any atom is -0.375 e. The molecule has 0 rings (SSSR count). The van der Waals surface area contributed by atoms with Gasteiger partial charge in [-0.05, 0) is 12.8 Å². The molecule has 0 aromatic heterocycles. The smallest absolute Gasteiger partial charge is 0.320 e. The molecule has 0 aliphatic carbocycles. The Kier molecular flexibility index (Phi) is 7.08. The maximum absolute atomic E-state index is 11.0. The van der Waals surface area contributed by atoms with E-state index in [1.807, 2.05) is 6.92 Å². The molecule has 0 heterocycles. The van der Waals surface area contributed by atoms with E-state index in [4.69, 9.17) is 5.11 Å². The lowest BCUT2D eigenvalue weighted by Crippen LogP contribution is -2.22. The molecule has 6 heteroatoms. The molecule has 0 amide bonds. The average Bonchev–Trinajstić information content (AvgIpc) is 2.16. The van der Waals surface area contributed by atoms with Crippen LogP contribution in [0.5, 0.6) is 0 Å². The molecule has 0 aliphatic heterocycles. The number of rotatable bonds is 8. The highest BCUT2D eigenvalue weighted by Crippen LogP contribution is 2.06. The average molecular weight is 226 g/mol. The second-order valence-electron chi connectivity index (χ2n) is 2.95. The molecule has 0 saturated heterocycles. The molecule has 0 radical (unpaired) electrons. The minimum absolute atomic E-state index is 0.0840. The fourth-order valence-electron chi connectivity index (χ4n) is 0.762. The zero-order valence-corrected chi connectivity index (χ0v) is 9.42. The van der Waals surface area contributed by atoms with E-state index in [0.29, 0.717) is 0 Å². The molecular formula is C8H18O5S. The van der Waals surface area contributed by atoms with Gasteiger partial charge in [0.05, 0.1) is 6.61 Å². The molecule has 0 aromatic carbocycles. The Hall–Kier alpha value is -0.170. The minimum atomic E-state index is -3.96. The van der Waals surface area contributed by atoms with Gasteiger partial charge in [-0.25, -0.2) is 4.89 Å². The van der Waals surface area contributed by atoms with Crippen molar-refractivity contribution in [1.82, 2.24) is 0 Å². The van der Waals surface area contributed by atoms with Crippen LogP contribution in [-0.2, 0) is 19.3 Å². The molecule has 0 aromatic rings. The van der Waals surface area contributed by atoms with Crippen molar-refractivity contribution in [2.24, 2.45) is 0 Å². The van der Waals surface area contributed by atoms with Gasteiger partial charge < -0.3 is 5.11 Å². The van der Waals surface area contributed by atoms with Crippen LogP contribution in [0.2, 0.25) is 0 Å². The third kappa shape index (κ3) is 5.54. The summed E-state index contributed by atoms with van der Waals surface area (Å²) < 4.78 is 26.1. The van der Waals surface area contributed by atoms with Crippen LogP contribution in [0.4, 0.5) is 0 Å². The van der Waals surface area contributed by atoms with Gasteiger partial charge in [0.1, 0.15) is 0 Å². The zero-order chi connectivity index (χ0) is 11.0. The molecule has 5 nitrogen and oxygen atoms in total. The molecule has 0 bridgehead atoms. The number of aliphatic hydroxyl groups excluding tert-OH is 1. The highest BCUT2D eigenvalue weighted by Gasteiger charge is 2.22. The number of aliphatic hydroxyl groups is 1. The first kappa shape index (κ1) is 13.8. The van der Waals surface area contributed by atoms with Crippen molar-refractivity contribution in [2.75, 3.05) is 6.61 Å². The summed E-state index contributed by atoms with van der Waals surface area (Å²) in [4.78, 5) is 4.48. The predicted molar refractivity (Wildman–Crippen MR) is 51.8 cm³/mol. The van der Waals surface area contributed by atoms with Crippen LogP contribution in [0.25, 0.3) is 0 Å². The zero-order valence-electron chi connectivity index (χ0n) is 8.60. The Bertz CT molecular complexity index is 224. The number of unbranched alkanes of at least 4 members (excludes halogenated alkanes) is 2. The Balaban J connectivity index is 3.67. The molecule has 0 saturated carbocycles. The summed E-state index contributed by atoms with van der Waals surface area (Å²) in [6, 6.07) is 0. The normalized spacial score (nSPS) is 14.2. The van der Waals surface area contributed by atoms with Gasteiger partial charge in [-0.2, -0.15) is 8.42 Å². The summed E-state index contributed by atoms with van der Waals surface area (Å²) in [6.45, 7) is 3.80. The van der Waals surface area contributed by atoms with E-state index in [-0.39, 0.29) is 13.0 Å². The first-order chi connectivity index (χ1) is 6.54. The lowest BCUT2D eigenvalue weighted by atomic mass is 10.3. The fraction of sp³-hybridized carbons (Fsp3) is 1.00. The van der Waals surface area contributed by atoms with E-state index in [1.165, 1.54) is 0 Å². The van der Waals surface area contributed by atoms with E-state index in [1.54, 1.807) is 6.92 Å². The third-order valence-corrected chi connectivity index (χ3v) is 2.94. The number of hydrogen-bond donors (Lipinski definition) is 1. The van der Waals surface area contributed by atoms with Crippen molar-refractivity contribution in [3.63, 3.8) is 0 Å². The lowest BCUT2D eigenvalue weighted by molar-refractivity contribution is -0.204. The van der Waals surface area contributed by atoms with Gasteiger partial charge in [-0.3, -0.25) is 0 Å². The van der Waals surface area contributed by atoms with Gasteiger partial charge in [0.2, 0.25) is 0 Å². The van der Waals surface area contributed by atoms with Gasteiger partial charge >= 0.3 is 10.1 Å². The van der Waals surface area contributed by atoms with Crippen molar-refractivity contribution < 1.29 is 22.7 Å². The molecule has 1 atom stereocenters. The quantitative estimate of drug-likeness (QED) is 0.382. The second-order valence-corrected chi connectivity index (χ2v) is 4.62. The molecule has 86 valence electrons. The summed E-state index contributed by atoms with van der Waals surface area (Å²) in [6.07, 6.45) is 2.81. The SMILES string of the molecule is CCCCCOOS(=O)(=O)C(O)CC. The first-order valence-electron chi connectivity index (χ1n) is 4.77. The Morgan fingerprint density at radius 3 is 2.43 bits per heavy atom. The second kappa shape index (κ2) is 7.17. The van der Waals surface area contributed by atoms with Crippen LogP contribution in [0, 0.1) is 0 Å². The van der Waals surface area contributed by atoms with E-state index < -0.39 is 15.6 Å². The highest BCUT2D eigenvalue weighted by molar-refractivity contribution is 7.87. The first-order valence-corrected chi connectivity index (χ1v) is 6.24. The molecule has 0 fully saturated rings. The monoisotopic (exact) mass is 226 g/mol. The molecule has 0 aliphatic rings. The molecule has 14 heavy (non-hydrogen) atoms. The van der Waals surface area contributed by atoms with Gasteiger partial charge in [-0.15, -0.1) is 4.33 Å². The van der Waals surface area contributed by atoms with E-state index in [0.717, 1.165) is 19.3 Å². The van der Waals surface area contributed by atoms with Crippen LogP contribution >= 0.6 is 0 Å². The van der Waals surface area contributed by atoms with Crippen LogP contribution in [0.1, 0.15) is 39.5 Å². The van der Waals surface area contributed by atoms with Gasteiger partial charge in [0.25, 0.3) is 0 Å². The van der Waals surface area contributed by atoms with Crippen LogP contribution < -0.4 is 0 Å². The number of hydrogen-bond acceptors (Lipinski definition) is 5. The molecule has 1 N–H and O–H groups in total. The highest BCUT2D eigenvalue weighted by atomic mass is 32.2. The fourth-order valence-corrected chi connectivity index (χ4v) is 1.46. The summed E-state index contributed by atoms with van der Waals surface area (Å²) in [7, 11) is -3.96. The third-order valence-electron chi connectivity index (χ3n) is 1.66.